The van der Waals surface area contributed by atoms with Crippen molar-refractivity contribution in [1.82, 2.24) is 15.1 Å². The largest absolute Gasteiger partial charge is 0.379 e. The van der Waals surface area contributed by atoms with E-state index < -0.39 is 0 Å². The van der Waals surface area contributed by atoms with Crippen LogP contribution in [0, 0.1) is 0 Å². The van der Waals surface area contributed by atoms with Crippen LogP contribution in [0.5, 0.6) is 0 Å². The monoisotopic (exact) mass is 445 g/mol. The van der Waals surface area contributed by atoms with Crippen molar-refractivity contribution in [1.29, 1.82) is 0 Å². The number of rotatable bonds is 8. The number of nitrogens with one attached hydrogen (secondary N) is 1. The Kier molecular flexibility index (Phi) is 10.6. The molecule has 0 aromatic heterocycles. The van der Waals surface area contributed by atoms with Crippen molar-refractivity contribution in [2.75, 3.05) is 39.4 Å². The molecule has 1 aliphatic carbocycles. The van der Waals surface area contributed by atoms with Crippen LogP contribution in [0.1, 0.15) is 82.3 Å². The maximum absolute atomic E-state index is 5.95. The molecule has 1 N–H and O–H groups in total. The molecule has 1 saturated heterocycles. The minimum atomic E-state index is 0.540. The first-order valence-corrected chi connectivity index (χ1v) is 13.0. The molecule has 1 aromatic carbocycles. The Morgan fingerprint density at radius 3 is 2.35 bits per heavy atom. The Hall–Kier alpha value is -1.17. The van der Waals surface area contributed by atoms with Crippen LogP contribution in [0.3, 0.4) is 0 Å². The molecule has 31 heavy (non-hydrogen) atoms. The van der Waals surface area contributed by atoms with Crippen molar-refractivity contribution in [3.8, 4) is 0 Å². The second-order valence-electron chi connectivity index (χ2n) is 9.62. The highest BCUT2D eigenvalue weighted by Crippen LogP contribution is 2.19. The number of benzene rings is 1. The first-order chi connectivity index (χ1) is 15.1. The summed E-state index contributed by atoms with van der Waals surface area (Å²) in [5.74, 6) is 0.570. The molecule has 0 radical (unpaired) electrons. The molecule has 1 aliphatic heterocycles. The highest BCUT2D eigenvalue weighted by atomic mass is 32.1. The smallest absolute Gasteiger partial charge is 0.169 e. The summed E-state index contributed by atoms with van der Waals surface area (Å²) in [5.41, 5.74) is 2.75. The van der Waals surface area contributed by atoms with Gasteiger partial charge in [0.2, 0.25) is 0 Å². The van der Waals surface area contributed by atoms with E-state index in [0.717, 1.165) is 57.5 Å². The lowest BCUT2D eigenvalue weighted by molar-refractivity contribution is 0.0367. The van der Waals surface area contributed by atoms with Crippen LogP contribution in [0.25, 0.3) is 0 Å². The molecule has 4 nitrogen and oxygen atoms in total. The van der Waals surface area contributed by atoms with Gasteiger partial charge >= 0.3 is 0 Å². The predicted molar refractivity (Wildman–Crippen MR) is 135 cm³/mol. The molecule has 2 fully saturated rings. The molecule has 0 atom stereocenters. The van der Waals surface area contributed by atoms with Gasteiger partial charge in [0, 0.05) is 38.8 Å². The molecule has 3 rings (SSSR count). The Morgan fingerprint density at radius 2 is 1.71 bits per heavy atom. The van der Waals surface area contributed by atoms with E-state index in [9.17, 15) is 0 Å². The molecule has 0 spiro atoms. The lowest BCUT2D eigenvalue weighted by Gasteiger charge is -2.32. The molecule has 2 aliphatic rings. The van der Waals surface area contributed by atoms with E-state index in [1.54, 1.807) is 0 Å². The number of ether oxygens (including phenoxy) is 1. The van der Waals surface area contributed by atoms with Crippen LogP contribution in [0.15, 0.2) is 24.3 Å². The highest BCUT2D eigenvalue weighted by Gasteiger charge is 2.17. The summed E-state index contributed by atoms with van der Waals surface area (Å²) >= 11 is 5.95. The lowest BCUT2D eigenvalue weighted by atomic mass is 9.97. The van der Waals surface area contributed by atoms with Gasteiger partial charge in [-0.25, -0.2) is 0 Å². The molecule has 0 amide bonds. The van der Waals surface area contributed by atoms with Gasteiger partial charge in [0.1, 0.15) is 0 Å². The van der Waals surface area contributed by atoms with Crippen molar-refractivity contribution in [3.63, 3.8) is 0 Å². The van der Waals surface area contributed by atoms with Gasteiger partial charge in [0.05, 0.1) is 13.2 Å². The molecule has 1 saturated carbocycles. The maximum atomic E-state index is 5.95. The van der Waals surface area contributed by atoms with Gasteiger partial charge < -0.3 is 15.0 Å². The van der Waals surface area contributed by atoms with Gasteiger partial charge in [-0.2, -0.15) is 0 Å². The molecule has 174 valence electrons. The first kappa shape index (κ1) is 24.5. The Bertz CT molecular complexity index is 635. The molecule has 1 aromatic rings. The van der Waals surface area contributed by atoms with Crippen LogP contribution in [0.2, 0.25) is 0 Å². The third-order valence-corrected chi connectivity index (χ3v) is 7.12. The minimum absolute atomic E-state index is 0.540. The van der Waals surface area contributed by atoms with Crippen molar-refractivity contribution in [2.24, 2.45) is 0 Å². The number of morpholine rings is 1. The zero-order valence-electron chi connectivity index (χ0n) is 19.8. The van der Waals surface area contributed by atoms with Gasteiger partial charge in [0.25, 0.3) is 0 Å². The van der Waals surface area contributed by atoms with E-state index in [1.807, 2.05) is 0 Å². The maximum Gasteiger partial charge on any atom is 0.169 e. The van der Waals surface area contributed by atoms with Crippen LogP contribution < -0.4 is 5.32 Å². The number of nitrogens with zero attached hydrogens (tertiary/aromatic N) is 2. The van der Waals surface area contributed by atoms with Gasteiger partial charge in [-0.1, -0.05) is 70.2 Å². The fourth-order valence-electron chi connectivity index (χ4n) is 4.66. The summed E-state index contributed by atoms with van der Waals surface area (Å²) in [5, 5.41) is 4.69. The standard InChI is InChI=1S/C26H43N3OS/c1-22(2)24-13-11-23(12-14-24)21-29(16-8-15-28-17-19-30-20-18-28)26(31)27-25-9-6-4-3-5-7-10-25/h11-14,22,25H,3-10,15-21H2,1-2H3,(H,27,31). The zero-order chi connectivity index (χ0) is 21.9. The summed E-state index contributed by atoms with van der Waals surface area (Å²) in [6.45, 7) is 11.4. The third kappa shape index (κ3) is 8.70. The molecular formula is C26H43N3OS. The van der Waals surface area contributed by atoms with E-state index in [4.69, 9.17) is 17.0 Å². The average Bonchev–Trinajstić information content (AvgIpc) is 2.76. The molecule has 0 unspecified atom stereocenters. The number of hydrogen-bond donors (Lipinski definition) is 1. The summed E-state index contributed by atoms with van der Waals surface area (Å²) in [6.07, 6.45) is 10.4. The molecule has 5 heteroatoms. The fraction of sp³-hybridized carbons (Fsp3) is 0.731. The third-order valence-electron chi connectivity index (χ3n) is 6.75. The normalized spacial score (nSPS) is 19.1. The quantitative estimate of drug-likeness (QED) is 0.547. The van der Waals surface area contributed by atoms with Gasteiger partial charge in [0.15, 0.2) is 5.11 Å². The summed E-state index contributed by atoms with van der Waals surface area (Å²) in [7, 11) is 0. The van der Waals surface area contributed by atoms with Gasteiger partial charge in [-0.3, -0.25) is 4.90 Å². The summed E-state index contributed by atoms with van der Waals surface area (Å²) < 4.78 is 5.49. The van der Waals surface area contributed by atoms with E-state index in [0.29, 0.717) is 12.0 Å². The van der Waals surface area contributed by atoms with Crippen molar-refractivity contribution in [3.05, 3.63) is 35.4 Å². The predicted octanol–water partition coefficient (Wildman–Crippen LogP) is 5.32. The Labute approximate surface area is 195 Å². The second-order valence-corrected chi connectivity index (χ2v) is 10.0. The van der Waals surface area contributed by atoms with E-state index in [1.165, 1.54) is 56.1 Å². The molecule has 0 bridgehead atoms. The van der Waals surface area contributed by atoms with E-state index in [2.05, 4.69) is 53.2 Å². The van der Waals surface area contributed by atoms with Crippen LogP contribution >= 0.6 is 12.2 Å². The SMILES string of the molecule is CC(C)c1ccc(CN(CCCN2CCOCC2)C(=S)NC2CCCCCCC2)cc1. The average molecular weight is 446 g/mol. The first-order valence-electron chi connectivity index (χ1n) is 12.6. The topological polar surface area (TPSA) is 27.7 Å². The van der Waals surface area contributed by atoms with Crippen LogP contribution in [0.4, 0.5) is 0 Å². The van der Waals surface area contributed by atoms with E-state index in [-0.39, 0.29) is 0 Å². The van der Waals surface area contributed by atoms with Gasteiger partial charge in [-0.05, 0) is 48.5 Å². The number of thiocarbonyl (C=S) groups is 1. The van der Waals surface area contributed by atoms with Crippen LogP contribution in [-0.2, 0) is 11.3 Å². The van der Waals surface area contributed by atoms with Gasteiger partial charge in [-0.15, -0.1) is 0 Å². The van der Waals surface area contributed by atoms with Crippen LogP contribution in [-0.4, -0.2) is 60.3 Å². The lowest BCUT2D eigenvalue weighted by Crippen LogP contribution is -2.45. The molecular weight excluding hydrogens is 402 g/mol. The number of hydrogen-bond acceptors (Lipinski definition) is 3. The van der Waals surface area contributed by atoms with Crippen molar-refractivity contribution in [2.45, 2.75) is 83.7 Å². The Morgan fingerprint density at radius 1 is 1.06 bits per heavy atom. The fourth-order valence-corrected chi connectivity index (χ4v) is 4.98. The summed E-state index contributed by atoms with van der Waals surface area (Å²) in [6, 6.07) is 9.65. The Balaban J connectivity index is 1.58. The van der Waals surface area contributed by atoms with Crippen molar-refractivity contribution >= 4 is 17.3 Å². The summed E-state index contributed by atoms with van der Waals surface area (Å²) in [4.78, 5) is 4.92. The highest BCUT2D eigenvalue weighted by molar-refractivity contribution is 7.80. The second kappa shape index (κ2) is 13.4. The minimum Gasteiger partial charge on any atom is -0.379 e. The van der Waals surface area contributed by atoms with Crippen molar-refractivity contribution < 1.29 is 4.74 Å². The zero-order valence-corrected chi connectivity index (χ0v) is 20.6. The van der Waals surface area contributed by atoms with E-state index >= 15 is 0 Å². The molecule has 1 heterocycles.